The zero-order valence-corrected chi connectivity index (χ0v) is 30.1. The first-order valence-electron chi connectivity index (χ1n) is 18.1. The Morgan fingerprint density at radius 3 is 2.07 bits per heavy atom. The molecule has 6 heteroatoms. The highest BCUT2D eigenvalue weighted by molar-refractivity contribution is 7.27. The molecule has 13 rings (SSSR count). The van der Waals surface area contributed by atoms with E-state index in [2.05, 4.69) is 144 Å². The Labute approximate surface area is 314 Å². The second-order valence-electron chi connectivity index (χ2n) is 14.0. The third-order valence-corrected chi connectivity index (χ3v) is 13.4. The van der Waals surface area contributed by atoms with Gasteiger partial charge in [-0.1, -0.05) is 121 Å². The Hall–Kier alpha value is -6.60. The van der Waals surface area contributed by atoms with Crippen molar-refractivity contribution in [1.29, 1.82) is 0 Å². The van der Waals surface area contributed by atoms with Crippen LogP contribution in [0.25, 0.3) is 123 Å². The van der Waals surface area contributed by atoms with E-state index in [9.17, 15) is 0 Å². The summed E-state index contributed by atoms with van der Waals surface area (Å²) < 4.78 is 12.8. The van der Waals surface area contributed by atoms with Gasteiger partial charge in [-0.3, -0.25) is 4.57 Å². The van der Waals surface area contributed by atoms with Crippen molar-refractivity contribution in [3.63, 3.8) is 0 Å². The molecule has 250 valence electrons. The van der Waals surface area contributed by atoms with Gasteiger partial charge in [0.25, 0.3) is 0 Å². The van der Waals surface area contributed by atoms with Crippen LogP contribution in [0.4, 0.5) is 0 Å². The minimum atomic E-state index is 0.795. The molecule has 0 N–H and O–H groups in total. The molecule has 0 aliphatic heterocycles. The molecule has 0 aliphatic carbocycles. The standard InChI is InChI=1S/C48H25N3OS2/c1-2-13-27-26(12-1)24-25-38-40(27)41-30-16-4-3-15-29(30)39-32-17-5-8-21-35(32)51(44(39)46(41)53-38)47-42(50-48-43(49-47)33-18-7-10-23-37(33)54-48)34-20-11-19-31-28-14-6-9-22-36(28)52-45(31)34/h1-25H. The lowest BCUT2D eigenvalue weighted by atomic mass is 9.96. The van der Waals surface area contributed by atoms with Crippen LogP contribution in [0, 0.1) is 0 Å². The lowest BCUT2D eigenvalue weighted by Gasteiger charge is -2.14. The molecule has 5 heterocycles. The van der Waals surface area contributed by atoms with E-state index in [1.165, 1.54) is 57.2 Å². The number of nitrogens with zero attached hydrogens (tertiary/aromatic N) is 3. The van der Waals surface area contributed by atoms with E-state index < -0.39 is 0 Å². The molecule has 4 nitrogen and oxygen atoms in total. The van der Waals surface area contributed by atoms with Crippen LogP contribution >= 0.6 is 22.7 Å². The number of rotatable bonds is 2. The van der Waals surface area contributed by atoms with Crippen molar-refractivity contribution in [1.82, 2.24) is 14.5 Å². The summed E-state index contributed by atoms with van der Waals surface area (Å²) in [5.41, 5.74) is 6.57. The Kier molecular flexibility index (Phi) is 5.63. The number of fused-ring (bicyclic) bond motifs is 18. The molecule has 13 aromatic rings. The number of hydrogen-bond donors (Lipinski definition) is 0. The SMILES string of the molecule is c1ccc2c(c1)ccc1sc3c(c4ccccc4c4c5ccccc5n(-c5nc6c(nc5-c5cccc7c5oc5ccccc57)sc5ccccc56)c34)c12. The summed E-state index contributed by atoms with van der Waals surface area (Å²) in [4.78, 5) is 12.2. The molecule has 0 radical (unpaired) electrons. The molecule has 0 saturated heterocycles. The van der Waals surface area contributed by atoms with E-state index in [0.29, 0.717) is 0 Å². The Balaban J connectivity index is 1.28. The van der Waals surface area contributed by atoms with Gasteiger partial charge in [-0.05, 0) is 51.9 Å². The van der Waals surface area contributed by atoms with Crippen LogP contribution in [0.1, 0.15) is 0 Å². The smallest absolute Gasteiger partial charge is 0.165 e. The molecule has 5 aromatic heterocycles. The molecule has 0 saturated carbocycles. The largest absolute Gasteiger partial charge is 0.455 e. The van der Waals surface area contributed by atoms with Gasteiger partial charge in [0, 0.05) is 52.7 Å². The van der Waals surface area contributed by atoms with E-state index in [1.54, 1.807) is 11.3 Å². The summed E-state index contributed by atoms with van der Waals surface area (Å²) >= 11 is 3.57. The van der Waals surface area contributed by atoms with Crippen LogP contribution < -0.4 is 0 Å². The maximum absolute atomic E-state index is 6.69. The summed E-state index contributed by atoms with van der Waals surface area (Å²) in [5, 5.41) is 13.3. The first kappa shape index (κ1) is 28.9. The van der Waals surface area contributed by atoms with Crippen molar-refractivity contribution in [3.05, 3.63) is 152 Å². The van der Waals surface area contributed by atoms with Gasteiger partial charge in [-0.2, -0.15) is 0 Å². The third kappa shape index (κ3) is 3.71. The molecule has 54 heavy (non-hydrogen) atoms. The molecule has 0 spiro atoms. The van der Waals surface area contributed by atoms with E-state index in [-0.39, 0.29) is 0 Å². The average Bonchev–Trinajstić information content (AvgIpc) is 3.99. The lowest BCUT2D eigenvalue weighted by Crippen LogP contribution is -2.03. The predicted octanol–water partition coefficient (Wildman–Crippen LogP) is 14.2. The monoisotopic (exact) mass is 723 g/mol. The zero-order chi connectivity index (χ0) is 35.1. The minimum absolute atomic E-state index is 0.795. The summed E-state index contributed by atoms with van der Waals surface area (Å²) in [6, 6.07) is 54.3. The summed E-state index contributed by atoms with van der Waals surface area (Å²) in [6.45, 7) is 0. The molecule has 0 bridgehead atoms. The fourth-order valence-electron chi connectivity index (χ4n) is 8.94. The number of hydrogen-bond acceptors (Lipinski definition) is 5. The van der Waals surface area contributed by atoms with Gasteiger partial charge >= 0.3 is 0 Å². The number of para-hydroxylation sites is 3. The van der Waals surface area contributed by atoms with Gasteiger partial charge in [0.1, 0.15) is 27.2 Å². The van der Waals surface area contributed by atoms with Gasteiger partial charge in [0.2, 0.25) is 0 Å². The Morgan fingerprint density at radius 2 is 1.19 bits per heavy atom. The van der Waals surface area contributed by atoms with Gasteiger partial charge < -0.3 is 4.42 Å². The quantitative estimate of drug-likeness (QED) is 0.178. The van der Waals surface area contributed by atoms with Crippen LogP contribution in [0.3, 0.4) is 0 Å². The number of thiophene rings is 2. The zero-order valence-electron chi connectivity index (χ0n) is 28.5. The van der Waals surface area contributed by atoms with Gasteiger partial charge in [-0.15, -0.1) is 22.7 Å². The molecule has 0 atom stereocenters. The Morgan fingerprint density at radius 1 is 0.481 bits per heavy atom. The predicted molar refractivity (Wildman–Crippen MR) is 230 cm³/mol. The first-order chi connectivity index (χ1) is 26.8. The summed E-state index contributed by atoms with van der Waals surface area (Å²) in [6.07, 6.45) is 0. The maximum Gasteiger partial charge on any atom is 0.165 e. The van der Waals surface area contributed by atoms with Crippen molar-refractivity contribution >= 4 is 129 Å². The molecule has 0 unspecified atom stereocenters. The summed E-state index contributed by atoms with van der Waals surface area (Å²) in [7, 11) is 0. The lowest BCUT2D eigenvalue weighted by molar-refractivity contribution is 0.669. The number of furan rings is 1. The van der Waals surface area contributed by atoms with Crippen LogP contribution in [-0.4, -0.2) is 14.5 Å². The highest BCUT2D eigenvalue weighted by atomic mass is 32.1. The maximum atomic E-state index is 6.69. The van der Waals surface area contributed by atoms with Crippen molar-refractivity contribution in [2.24, 2.45) is 0 Å². The molecule has 0 aliphatic rings. The average molecular weight is 724 g/mol. The topological polar surface area (TPSA) is 43.9 Å². The van der Waals surface area contributed by atoms with Crippen LogP contribution in [-0.2, 0) is 0 Å². The second kappa shape index (κ2) is 10.5. The molecular formula is C48H25N3OS2. The molecule has 8 aromatic carbocycles. The number of aromatic nitrogens is 3. The Bertz CT molecular complexity index is 3750. The van der Waals surface area contributed by atoms with E-state index >= 15 is 0 Å². The third-order valence-electron chi connectivity index (χ3n) is 11.2. The van der Waals surface area contributed by atoms with Crippen LogP contribution in [0.2, 0.25) is 0 Å². The van der Waals surface area contributed by atoms with E-state index in [4.69, 9.17) is 14.4 Å². The van der Waals surface area contributed by atoms with E-state index in [1.807, 2.05) is 23.5 Å². The van der Waals surface area contributed by atoms with Crippen molar-refractivity contribution in [3.8, 4) is 17.1 Å². The van der Waals surface area contributed by atoms with Crippen LogP contribution in [0.15, 0.2) is 156 Å². The molecule has 0 amide bonds. The van der Waals surface area contributed by atoms with Gasteiger partial charge in [0.05, 0.1) is 15.7 Å². The van der Waals surface area contributed by atoms with Crippen LogP contribution in [0.5, 0.6) is 0 Å². The fourth-order valence-corrected chi connectivity index (χ4v) is 11.2. The van der Waals surface area contributed by atoms with Crippen molar-refractivity contribution in [2.45, 2.75) is 0 Å². The highest BCUT2D eigenvalue weighted by Crippen LogP contribution is 2.50. The van der Waals surface area contributed by atoms with Crippen molar-refractivity contribution < 1.29 is 4.42 Å². The van der Waals surface area contributed by atoms with Crippen molar-refractivity contribution in [2.75, 3.05) is 0 Å². The van der Waals surface area contributed by atoms with E-state index in [0.717, 1.165) is 65.8 Å². The normalized spacial score (nSPS) is 12.4. The summed E-state index contributed by atoms with van der Waals surface area (Å²) in [5.74, 6) is 0.795. The minimum Gasteiger partial charge on any atom is -0.455 e. The van der Waals surface area contributed by atoms with Gasteiger partial charge in [0.15, 0.2) is 5.82 Å². The molecule has 0 fully saturated rings. The van der Waals surface area contributed by atoms with Gasteiger partial charge in [-0.25, -0.2) is 9.97 Å². The molecular weight excluding hydrogens is 699 g/mol. The number of benzene rings is 8. The second-order valence-corrected chi connectivity index (χ2v) is 16.1. The first-order valence-corrected chi connectivity index (χ1v) is 19.7. The fraction of sp³-hybridized carbons (Fsp3) is 0. The highest BCUT2D eigenvalue weighted by Gasteiger charge is 2.27.